The number of ketones is 1. The Labute approximate surface area is 325 Å². The van der Waals surface area contributed by atoms with Crippen molar-refractivity contribution in [1.82, 2.24) is 0 Å². The third-order valence-electron chi connectivity index (χ3n) is 11.1. The largest absolute Gasteiger partial charge is 0.462 e. The minimum absolute atomic E-state index is 0. The maximum absolute atomic E-state index is 12.4. The van der Waals surface area contributed by atoms with Gasteiger partial charge in [-0.2, -0.15) is 13.2 Å². The van der Waals surface area contributed by atoms with Gasteiger partial charge in [0.2, 0.25) is 0 Å². The monoisotopic (exact) mass is 771 g/mol. The molecule has 0 aliphatic heterocycles. The van der Waals surface area contributed by atoms with Gasteiger partial charge >= 0.3 is 24.1 Å². The highest BCUT2D eigenvalue weighted by molar-refractivity contribution is 5.80. The summed E-state index contributed by atoms with van der Waals surface area (Å²) in [5.41, 5.74) is -1.65. The van der Waals surface area contributed by atoms with Gasteiger partial charge in [-0.15, -0.1) is 0 Å². The summed E-state index contributed by atoms with van der Waals surface area (Å²) in [7, 11) is 0. The summed E-state index contributed by atoms with van der Waals surface area (Å²) in [4.78, 5) is 46.3. The average Bonchev–Trinajstić information content (AvgIpc) is 2.97. The number of hydrogen-bond donors (Lipinski definition) is 0. The molecule has 0 saturated heterocycles. The fourth-order valence-electron chi connectivity index (χ4n) is 6.65. The molecule has 7 nitrogen and oxygen atoms in total. The topological polar surface area (TPSA) is 96.0 Å². The number of ether oxygens (including phenoxy) is 3. The van der Waals surface area contributed by atoms with Gasteiger partial charge in [-0.05, 0) is 137 Å². The molecule has 1 atom stereocenters. The van der Waals surface area contributed by atoms with Crippen LogP contribution in [0.3, 0.4) is 0 Å². The summed E-state index contributed by atoms with van der Waals surface area (Å²) in [6.45, 7) is 17.5. The van der Waals surface area contributed by atoms with E-state index in [0.717, 1.165) is 56.8 Å². The lowest BCUT2D eigenvalue weighted by Crippen LogP contribution is -2.53. The SMILES string of the molecule is C.C.C.C.C.C.CCC(C)(C)C(=O)OC(C)C(F)(F)F.CCC(C)(C)C(=O)OC12CC3CC(CC(C3)C1)C2.CCC(C)(C)C(=O)OC1CCC(=O)CC1. The van der Waals surface area contributed by atoms with Crippen molar-refractivity contribution >= 4 is 23.7 Å². The molecule has 5 aliphatic carbocycles. The first kappa shape index (κ1) is 60.1. The Morgan fingerprint density at radius 2 is 1.00 bits per heavy atom. The lowest BCUT2D eigenvalue weighted by atomic mass is 9.54. The molecule has 5 saturated carbocycles. The summed E-state index contributed by atoms with van der Waals surface area (Å²) in [6.07, 6.45) is 5.65. The summed E-state index contributed by atoms with van der Waals surface area (Å²) in [5.74, 6) is 1.90. The van der Waals surface area contributed by atoms with Crippen molar-refractivity contribution in [2.75, 3.05) is 0 Å². The number of esters is 3. The van der Waals surface area contributed by atoms with Crippen LogP contribution in [0.2, 0.25) is 0 Å². The Balaban J connectivity index is -0.000000208. The molecule has 0 aromatic heterocycles. The number of alkyl halides is 3. The number of rotatable bonds is 9. The summed E-state index contributed by atoms with van der Waals surface area (Å²) >= 11 is 0. The molecular formula is C43H85F3O7. The number of Topliss-reactive ketones (excluding diaryl/α,β-unsaturated/α-hetero) is 1. The van der Waals surface area contributed by atoms with Crippen LogP contribution in [0.15, 0.2) is 0 Å². The molecule has 1 unspecified atom stereocenters. The van der Waals surface area contributed by atoms with Crippen molar-refractivity contribution in [3.05, 3.63) is 0 Å². The van der Waals surface area contributed by atoms with Gasteiger partial charge in [0.25, 0.3) is 0 Å². The first-order valence-corrected chi connectivity index (χ1v) is 17.7. The van der Waals surface area contributed by atoms with Gasteiger partial charge in [0.05, 0.1) is 16.2 Å². The Morgan fingerprint density at radius 1 is 0.660 bits per heavy atom. The second kappa shape index (κ2) is 23.7. The van der Waals surface area contributed by atoms with E-state index in [2.05, 4.69) is 11.7 Å². The lowest BCUT2D eigenvalue weighted by Gasteiger charge is -2.56. The van der Waals surface area contributed by atoms with Crippen LogP contribution in [-0.4, -0.2) is 47.7 Å². The van der Waals surface area contributed by atoms with Gasteiger partial charge in [0.1, 0.15) is 17.5 Å². The van der Waals surface area contributed by atoms with Gasteiger partial charge in [0, 0.05) is 12.8 Å². The number of carbonyl (C=O) groups excluding carboxylic acids is 4. The molecule has 0 N–H and O–H groups in total. The molecule has 0 amide bonds. The molecule has 5 rings (SSSR count). The van der Waals surface area contributed by atoms with Crippen LogP contribution >= 0.6 is 0 Å². The van der Waals surface area contributed by atoms with Crippen LogP contribution in [0.25, 0.3) is 0 Å². The van der Waals surface area contributed by atoms with Crippen molar-refractivity contribution in [1.29, 1.82) is 0 Å². The molecule has 10 heteroatoms. The van der Waals surface area contributed by atoms with Crippen LogP contribution in [-0.2, 0) is 33.4 Å². The van der Waals surface area contributed by atoms with Crippen molar-refractivity contribution in [3.8, 4) is 0 Å². The van der Waals surface area contributed by atoms with Crippen LogP contribution in [0.4, 0.5) is 13.2 Å². The van der Waals surface area contributed by atoms with Gasteiger partial charge in [0.15, 0.2) is 6.10 Å². The van der Waals surface area contributed by atoms with Gasteiger partial charge in [-0.3, -0.25) is 19.2 Å². The highest BCUT2D eigenvalue weighted by atomic mass is 19.4. The molecule has 5 fully saturated rings. The highest BCUT2D eigenvalue weighted by Gasteiger charge is 2.54. The first-order valence-electron chi connectivity index (χ1n) is 17.7. The predicted octanol–water partition coefficient (Wildman–Crippen LogP) is 13.1. The van der Waals surface area contributed by atoms with Gasteiger partial charge in [-0.25, -0.2) is 0 Å². The Kier molecular flexibility index (Phi) is 26.9. The van der Waals surface area contributed by atoms with E-state index in [0.29, 0.717) is 32.1 Å². The average molecular weight is 771 g/mol. The smallest absolute Gasteiger partial charge is 0.425 e. The third kappa shape index (κ3) is 17.5. The zero-order chi connectivity index (χ0) is 36.0. The van der Waals surface area contributed by atoms with E-state index in [4.69, 9.17) is 9.47 Å². The molecule has 0 aromatic rings. The highest BCUT2D eigenvalue weighted by Crippen LogP contribution is 2.57. The van der Waals surface area contributed by atoms with Gasteiger partial charge in [-0.1, -0.05) is 65.3 Å². The van der Waals surface area contributed by atoms with Crippen molar-refractivity contribution in [2.24, 2.45) is 34.0 Å². The third-order valence-corrected chi connectivity index (χ3v) is 11.1. The van der Waals surface area contributed by atoms with Crippen molar-refractivity contribution in [2.45, 2.75) is 221 Å². The van der Waals surface area contributed by atoms with Crippen molar-refractivity contribution < 1.29 is 46.6 Å². The summed E-state index contributed by atoms with van der Waals surface area (Å²) in [5, 5.41) is 0. The molecular weight excluding hydrogens is 685 g/mol. The lowest BCUT2D eigenvalue weighted by molar-refractivity contribution is -0.221. The molecule has 0 aromatic carbocycles. The minimum atomic E-state index is -4.49. The quantitative estimate of drug-likeness (QED) is 0.170. The standard InChI is InChI=1S/C16H26O2.C12H20O3.C9H15F3O2.6CH4/c1-4-15(2,3)14(17)18-16-8-11-5-12(9-16)7-13(6-11)10-16;1-4-12(2,3)11(14)15-10-7-5-9(13)6-8-10;1-5-8(3,4)7(13)14-6(2)9(10,11)12;;;;;;/h11-13H,4-10H2,1-3H3;10H,4-8H2,1-3H3;6H,5H2,1-4H3;6*1H4. The summed E-state index contributed by atoms with van der Waals surface area (Å²) in [6, 6.07) is 0. The zero-order valence-corrected chi connectivity index (χ0v) is 30.6. The van der Waals surface area contributed by atoms with E-state index in [1.807, 2.05) is 34.6 Å². The maximum Gasteiger partial charge on any atom is 0.425 e. The van der Waals surface area contributed by atoms with Crippen LogP contribution in [0.5, 0.6) is 0 Å². The number of hydrogen-bond acceptors (Lipinski definition) is 7. The molecule has 5 aliphatic rings. The molecule has 0 radical (unpaired) electrons. The van der Waals surface area contributed by atoms with E-state index in [1.54, 1.807) is 20.8 Å². The Hall–Kier alpha value is -2.13. The Morgan fingerprint density at radius 3 is 1.34 bits per heavy atom. The zero-order valence-electron chi connectivity index (χ0n) is 30.6. The number of halogens is 3. The van der Waals surface area contributed by atoms with E-state index in [9.17, 15) is 32.3 Å². The second-order valence-corrected chi connectivity index (χ2v) is 16.4. The normalized spacial score (nSPS) is 23.6. The Bertz CT molecular complexity index is 1050. The number of carbonyl (C=O) groups is 4. The first-order chi connectivity index (χ1) is 21.5. The fraction of sp³-hybridized carbons (Fsp3) is 0.907. The molecule has 0 spiro atoms. The fourth-order valence-corrected chi connectivity index (χ4v) is 6.65. The molecule has 53 heavy (non-hydrogen) atoms. The predicted molar refractivity (Wildman–Crippen MR) is 215 cm³/mol. The minimum Gasteiger partial charge on any atom is -0.462 e. The van der Waals surface area contributed by atoms with Gasteiger partial charge < -0.3 is 14.2 Å². The molecule has 4 bridgehead atoms. The second-order valence-electron chi connectivity index (χ2n) is 16.4. The van der Waals surface area contributed by atoms with E-state index in [1.165, 1.54) is 19.3 Å². The summed E-state index contributed by atoms with van der Waals surface area (Å²) < 4.78 is 51.9. The molecule has 320 valence electrons. The van der Waals surface area contributed by atoms with Crippen molar-refractivity contribution in [3.63, 3.8) is 0 Å². The van der Waals surface area contributed by atoms with E-state index in [-0.39, 0.29) is 79.4 Å². The van der Waals surface area contributed by atoms with Crippen LogP contribution < -0.4 is 0 Å². The van der Waals surface area contributed by atoms with Crippen LogP contribution in [0.1, 0.15) is 197 Å². The van der Waals surface area contributed by atoms with Crippen LogP contribution in [0, 0.1) is 34.0 Å². The van der Waals surface area contributed by atoms with E-state index < -0.39 is 29.1 Å². The maximum atomic E-state index is 12.4. The molecule has 0 heterocycles. The van der Waals surface area contributed by atoms with E-state index >= 15 is 0 Å².